The lowest BCUT2D eigenvalue weighted by molar-refractivity contribution is -0.183. The van der Waals surface area contributed by atoms with Crippen LogP contribution in [0.15, 0.2) is 21.1 Å². The van der Waals surface area contributed by atoms with Crippen LogP contribution in [0.3, 0.4) is 0 Å². The van der Waals surface area contributed by atoms with Gasteiger partial charge < -0.3 is 18.9 Å². The molecule has 0 aliphatic carbocycles. The fourth-order valence-electron chi connectivity index (χ4n) is 1.75. The van der Waals surface area contributed by atoms with Gasteiger partial charge in [-0.15, -0.1) is 0 Å². The summed E-state index contributed by atoms with van der Waals surface area (Å²) < 4.78 is 23.6. The highest BCUT2D eigenvalue weighted by molar-refractivity contribution is 9.11. The zero-order valence-corrected chi connectivity index (χ0v) is 13.8. The van der Waals surface area contributed by atoms with Gasteiger partial charge in [0.05, 0.1) is 35.9 Å². The van der Waals surface area contributed by atoms with Crippen molar-refractivity contribution in [2.24, 2.45) is 0 Å². The van der Waals surface area contributed by atoms with Crippen molar-refractivity contribution in [1.29, 1.82) is 0 Å². The average molecular weight is 396 g/mol. The zero-order chi connectivity index (χ0) is 13.7. The van der Waals surface area contributed by atoms with Gasteiger partial charge in [0.25, 0.3) is 0 Å². The number of rotatable bonds is 5. The molecule has 0 amide bonds. The number of ether oxygens (including phenoxy) is 4. The maximum absolute atomic E-state index is 5.73. The Morgan fingerprint density at radius 3 is 2.47 bits per heavy atom. The molecule has 1 heterocycles. The fraction of sp³-hybridized carbons (Fsp3) is 0.538. The van der Waals surface area contributed by atoms with Crippen LogP contribution in [0.25, 0.3) is 0 Å². The lowest BCUT2D eigenvalue weighted by Crippen LogP contribution is -2.26. The molecule has 0 saturated carbocycles. The normalized spacial score (nSPS) is 16.4. The first-order valence-corrected chi connectivity index (χ1v) is 7.68. The van der Waals surface area contributed by atoms with Gasteiger partial charge in [-0.25, -0.2) is 0 Å². The van der Waals surface area contributed by atoms with E-state index in [4.69, 9.17) is 18.9 Å². The summed E-state index contributed by atoms with van der Waals surface area (Å²) in [6.07, 6.45) is 1.54. The molecule has 19 heavy (non-hydrogen) atoms. The number of halogens is 2. The molecule has 2 rings (SSSR count). The SMILES string of the molecule is COc1cc(Br)c(OCCC2OCCCO2)cc1Br. The Labute approximate surface area is 129 Å². The average Bonchev–Trinajstić information content (AvgIpc) is 2.43. The van der Waals surface area contributed by atoms with Gasteiger partial charge in [-0.05, 0) is 50.4 Å². The number of benzene rings is 1. The zero-order valence-electron chi connectivity index (χ0n) is 10.7. The summed E-state index contributed by atoms with van der Waals surface area (Å²) in [5.41, 5.74) is 0. The minimum atomic E-state index is -0.144. The second kappa shape index (κ2) is 7.47. The van der Waals surface area contributed by atoms with E-state index in [1.807, 2.05) is 12.1 Å². The highest BCUT2D eigenvalue weighted by Crippen LogP contribution is 2.36. The summed E-state index contributed by atoms with van der Waals surface area (Å²) in [4.78, 5) is 0. The van der Waals surface area contributed by atoms with Crippen LogP contribution in [0.4, 0.5) is 0 Å². The van der Waals surface area contributed by atoms with E-state index >= 15 is 0 Å². The monoisotopic (exact) mass is 394 g/mol. The Morgan fingerprint density at radius 2 is 1.79 bits per heavy atom. The number of hydrogen-bond acceptors (Lipinski definition) is 4. The Bertz CT molecular complexity index is 419. The summed E-state index contributed by atoms with van der Waals surface area (Å²) in [7, 11) is 1.63. The maximum atomic E-state index is 5.73. The first-order valence-electron chi connectivity index (χ1n) is 6.09. The van der Waals surface area contributed by atoms with Crippen molar-refractivity contribution in [3.05, 3.63) is 21.1 Å². The lowest BCUT2D eigenvalue weighted by Gasteiger charge is -2.23. The van der Waals surface area contributed by atoms with Crippen molar-refractivity contribution in [2.45, 2.75) is 19.1 Å². The predicted molar refractivity (Wildman–Crippen MR) is 78.8 cm³/mol. The largest absolute Gasteiger partial charge is 0.496 e. The van der Waals surface area contributed by atoms with Gasteiger partial charge in [0.1, 0.15) is 11.5 Å². The van der Waals surface area contributed by atoms with Crippen LogP contribution in [0.5, 0.6) is 11.5 Å². The molecule has 0 bridgehead atoms. The van der Waals surface area contributed by atoms with Gasteiger partial charge in [0.2, 0.25) is 0 Å². The summed E-state index contributed by atoms with van der Waals surface area (Å²) in [5, 5.41) is 0. The molecule has 4 nitrogen and oxygen atoms in total. The first kappa shape index (κ1) is 15.1. The molecule has 1 aliphatic heterocycles. The lowest BCUT2D eigenvalue weighted by atomic mass is 10.3. The molecular weight excluding hydrogens is 380 g/mol. The van der Waals surface area contributed by atoms with Crippen LogP contribution < -0.4 is 9.47 Å². The molecule has 0 N–H and O–H groups in total. The van der Waals surface area contributed by atoms with Gasteiger partial charge in [-0.1, -0.05) is 0 Å². The van der Waals surface area contributed by atoms with Crippen molar-refractivity contribution in [3.8, 4) is 11.5 Å². The first-order chi connectivity index (χ1) is 9.20. The van der Waals surface area contributed by atoms with E-state index < -0.39 is 0 Å². The molecule has 0 radical (unpaired) electrons. The molecule has 6 heteroatoms. The second-order valence-corrected chi connectivity index (χ2v) is 5.79. The standard InChI is InChI=1S/C13H16Br2O4/c1-16-11-7-10(15)12(8-9(11)14)17-6-3-13-18-4-2-5-19-13/h7-8,13H,2-6H2,1H3. The second-order valence-electron chi connectivity index (χ2n) is 4.08. The van der Waals surface area contributed by atoms with Crippen molar-refractivity contribution < 1.29 is 18.9 Å². The highest BCUT2D eigenvalue weighted by atomic mass is 79.9. The molecule has 106 valence electrons. The molecule has 0 unspecified atom stereocenters. The summed E-state index contributed by atoms with van der Waals surface area (Å²) in [6, 6.07) is 3.75. The van der Waals surface area contributed by atoms with Gasteiger partial charge in [0, 0.05) is 6.42 Å². The van der Waals surface area contributed by atoms with Crippen molar-refractivity contribution >= 4 is 31.9 Å². The van der Waals surface area contributed by atoms with E-state index in [2.05, 4.69) is 31.9 Å². The topological polar surface area (TPSA) is 36.9 Å². The molecule has 0 aromatic heterocycles. The minimum absolute atomic E-state index is 0.144. The molecular formula is C13H16Br2O4. The molecule has 1 aliphatic rings. The van der Waals surface area contributed by atoms with Crippen molar-refractivity contribution in [2.75, 3.05) is 26.9 Å². The van der Waals surface area contributed by atoms with Crippen molar-refractivity contribution in [1.82, 2.24) is 0 Å². The van der Waals surface area contributed by atoms with E-state index in [9.17, 15) is 0 Å². The van der Waals surface area contributed by atoms with E-state index in [-0.39, 0.29) is 6.29 Å². The third-order valence-corrected chi connectivity index (χ3v) is 3.95. The minimum Gasteiger partial charge on any atom is -0.496 e. The summed E-state index contributed by atoms with van der Waals surface area (Å²) >= 11 is 6.89. The summed E-state index contributed by atoms with van der Waals surface area (Å²) in [5.74, 6) is 1.53. The molecule has 1 aromatic rings. The maximum Gasteiger partial charge on any atom is 0.160 e. The van der Waals surface area contributed by atoms with Gasteiger partial charge in [-0.2, -0.15) is 0 Å². The number of methoxy groups -OCH3 is 1. The van der Waals surface area contributed by atoms with Crippen LogP contribution in [-0.4, -0.2) is 33.2 Å². The van der Waals surface area contributed by atoms with E-state index in [0.717, 1.165) is 46.5 Å². The Hall–Kier alpha value is -0.300. The van der Waals surface area contributed by atoms with Crippen LogP contribution in [0, 0.1) is 0 Å². The van der Waals surface area contributed by atoms with E-state index in [0.29, 0.717) is 6.61 Å². The van der Waals surface area contributed by atoms with Gasteiger partial charge >= 0.3 is 0 Å². The van der Waals surface area contributed by atoms with E-state index in [1.165, 1.54) is 0 Å². The van der Waals surface area contributed by atoms with Crippen LogP contribution in [0.2, 0.25) is 0 Å². The van der Waals surface area contributed by atoms with E-state index in [1.54, 1.807) is 7.11 Å². The molecule has 1 fully saturated rings. The molecule has 1 saturated heterocycles. The van der Waals surface area contributed by atoms with Gasteiger partial charge in [0.15, 0.2) is 6.29 Å². The fourth-order valence-corrected chi connectivity index (χ4v) is 2.67. The predicted octanol–water partition coefficient (Wildman–Crippen LogP) is 3.75. The third-order valence-electron chi connectivity index (χ3n) is 2.71. The van der Waals surface area contributed by atoms with Crippen LogP contribution in [0.1, 0.15) is 12.8 Å². The number of hydrogen-bond donors (Lipinski definition) is 0. The Kier molecular flexibility index (Phi) is 5.94. The Morgan fingerprint density at radius 1 is 1.16 bits per heavy atom. The molecule has 0 spiro atoms. The van der Waals surface area contributed by atoms with Crippen molar-refractivity contribution in [3.63, 3.8) is 0 Å². The third kappa shape index (κ3) is 4.34. The molecule has 1 aromatic carbocycles. The smallest absolute Gasteiger partial charge is 0.160 e. The van der Waals surface area contributed by atoms with Gasteiger partial charge in [-0.3, -0.25) is 0 Å². The van der Waals surface area contributed by atoms with Crippen LogP contribution >= 0.6 is 31.9 Å². The van der Waals surface area contributed by atoms with Crippen LogP contribution in [-0.2, 0) is 9.47 Å². The molecule has 0 atom stereocenters. The Balaban J connectivity index is 1.86. The quantitative estimate of drug-likeness (QED) is 0.760. The summed E-state index contributed by atoms with van der Waals surface area (Å²) in [6.45, 7) is 2.08. The highest BCUT2D eigenvalue weighted by Gasteiger charge is 2.15.